The number of hydrogen-bond acceptors (Lipinski definition) is 3. The third kappa shape index (κ3) is 3.48. The predicted molar refractivity (Wildman–Crippen MR) is 122 cm³/mol. The molecule has 0 saturated heterocycles. The fourth-order valence-electron chi connectivity index (χ4n) is 4.18. The first kappa shape index (κ1) is 19.1. The molecule has 1 atom stereocenters. The smallest absolute Gasteiger partial charge is 0.226 e. The Hall–Kier alpha value is -3.86. The van der Waals surface area contributed by atoms with Crippen molar-refractivity contribution in [2.45, 2.75) is 19.3 Å². The summed E-state index contributed by atoms with van der Waals surface area (Å²) in [4.78, 5) is 12.8. The second kappa shape index (κ2) is 7.76. The highest BCUT2D eigenvalue weighted by atomic mass is 16.5. The van der Waals surface area contributed by atoms with Gasteiger partial charge in [0.1, 0.15) is 11.6 Å². The first-order valence-electron chi connectivity index (χ1n) is 10.3. The molecule has 4 aromatic rings. The predicted octanol–water partition coefficient (Wildman–Crippen LogP) is 5.33. The van der Waals surface area contributed by atoms with Gasteiger partial charge in [0.25, 0.3) is 0 Å². The molecule has 2 heterocycles. The summed E-state index contributed by atoms with van der Waals surface area (Å²) in [5.74, 6) is 1.37. The van der Waals surface area contributed by atoms with Crippen molar-refractivity contribution in [3.05, 3.63) is 95.6 Å². The lowest BCUT2D eigenvalue weighted by Gasteiger charge is -2.25. The van der Waals surface area contributed by atoms with E-state index in [1.54, 1.807) is 7.11 Å². The molecular formula is C26H23N3O2. The van der Waals surface area contributed by atoms with Gasteiger partial charge in [0, 0.05) is 23.5 Å². The Kier molecular flexibility index (Phi) is 4.79. The van der Waals surface area contributed by atoms with E-state index < -0.39 is 0 Å². The molecule has 0 bridgehead atoms. The maximum Gasteiger partial charge on any atom is 0.226 e. The molecule has 0 saturated carbocycles. The molecule has 0 spiro atoms. The Morgan fingerprint density at radius 2 is 1.77 bits per heavy atom. The van der Waals surface area contributed by atoms with Crippen LogP contribution in [0.2, 0.25) is 0 Å². The molecule has 0 fully saturated rings. The summed E-state index contributed by atoms with van der Waals surface area (Å²) in [6.07, 6.45) is 0.361. The number of carbonyl (C=O) groups excluding carboxylic acids is 1. The zero-order valence-corrected chi connectivity index (χ0v) is 17.5. The molecule has 5 rings (SSSR count). The third-order valence-corrected chi connectivity index (χ3v) is 5.74. The van der Waals surface area contributed by atoms with Gasteiger partial charge in [-0.05, 0) is 36.8 Å². The largest absolute Gasteiger partial charge is 0.497 e. The highest BCUT2D eigenvalue weighted by Gasteiger charge is 2.34. The van der Waals surface area contributed by atoms with Crippen LogP contribution in [0, 0.1) is 6.92 Å². The summed E-state index contributed by atoms with van der Waals surface area (Å²) >= 11 is 0. The number of carbonyl (C=O) groups is 1. The number of ether oxygens (including phenoxy) is 1. The van der Waals surface area contributed by atoms with Crippen LogP contribution in [0.5, 0.6) is 5.75 Å². The molecule has 1 aromatic heterocycles. The summed E-state index contributed by atoms with van der Waals surface area (Å²) in [5.41, 5.74) is 6.05. The number of nitrogens with zero attached hydrogens (tertiary/aromatic N) is 2. The molecule has 0 unspecified atom stereocenters. The number of amides is 1. The van der Waals surface area contributed by atoms with Crippen LogP contribution in [-0.4, -0.2) is 22.8 Å². The third-order valence-electron chi connectivity index (χ3n) is 5.74. The van der Waals surface area contributed by atoms with Crippen molar-refractivity contribution in [3.63, 3.8) is 0 Å². The van der Waals surface area contributed by atoms with E-state index >= 15 is 0 Å². The van der Waals surface area contributed by atoms with Crippen LogP contribution >= 0.6 is 0 Å². The highest BCUT2D eigenvalue weighted by Crippen LogP contribution is 2.44. The second-order valence-corrected chi connectivity index (χ2v) is 7.81. The van der Waals surface area contributed by atoms with E-state index in [2.05, 4.69) is 36.5 Å². The molecule has 1 aliphatic rings. The summed E-state index contributed by atoms with van der Waals surface area (Å²) in [5, 5.41) is 8.08. The number of benzene rings is 3. The number of anilines is 1. The SMILES string of the molecule is COc1cccc([C@@H]2CC(=O)Nc3c2c(-c2ccccc2)nn3-c2ccc(C)cc2)c1. The lowest BCUT2D eigenvalue weighted by molar-refractivity contribution is -0.116. The summed E-state index contributed by atoms with van der Waals surface area (Å²) in [7, 11) is 1.66. The maximum atomic E-state index is 12.8. The Morgan fingerprint density at radius 3 is 2.52 bits per heavy atom. The number of fused-ring (bicyclic) bond motifs is 1. The van der Waals surface area contributed by atoms with Gasteiger partial charge < -0.3 is 10.1 Å². The normalized spacial score (nSPS) is 15.3. The highest BCUT2D eigenvalue weighted by molar-refractivity contribution is 5.96. The Balaban J connectivity index is 1.76. The van der Waals surface area contributed by atoms with Gasteiger partial charge in [-0.1, -0.05) is 60.2 Å². The van der Waals surface area contributed by atoms with Crippen LogP contribution in [0.25, 0.3) is 16.9 Å². The van der Waals surface area contributed by atoms with Gasteiger partial charge >= 0.3 is 0 Å². The van der Waals surface area contributed by atoms with E-state index in [-0.39, 0.29) is 11.8 Å². The molecule has 5 nitrogen and oxygen atoms in total. The van der Waals surface area contributed by atoms with Crippen molar-refractivity contribution in [3.8, 4) is 22.7 Å². The van der Waals surface area contributed by atoms with Crippen molar-refractivity contribution < 1.29 is 9.53 Å². The van der Waals surface area contributed by atoms with Crippen molar-refractivity contribution in [2.75, 3.05) is 12.4 Å². The van der Waals surface area contributed by atoms with Crippen molar-refractivity contribution in [1.29, 1.82) is 0 Å². The summed E-state index contributed by atoms with van der Waals surface area (Å²) in [6, 6.07) is 26.2. The van der Waals surface area contributed by atoms with E-state index in [0.29, 0.717) is 6.42 Å². The standard InChI is InChI=1S/C26H23N3O2/c1-17-11-13-20(14-12-17)29-26-24(25(28-29)18-7-4-3-5-8-18)22(16-23(30)27-26)19-9-6-10-21(15-19)31-2/h3-15,22H,16H2,1-2H3,(H,27,30)/t22-/m0/s1. The van der Waals surface area contributed by atoms with E-state index in [4.69, 9.17) is 9.84 Å². The van der Waals surface area contributed by atoms with Gasteiger partial charge in [-0.3, -0.25) is 4.79 Å². The Bertz CT molecular complexity index is 1240. The summed E-state index contributed by atoms with van der Waals surface area (Å²) in [6.45, 7) is 2.05. The summed E-state index contributed by atoms with van der Waals surface area (Å²) < 4.78 is 7.29. The minimum atomic E-state index is -0.117. The Morgan fingerprint density at radius 1 is 1.00 bits per heavy atom. The fraction of sp³-hybridized carbons (Fsp3) is 0.154. The van der Waals surface area contributed by atoms with Crippen LogP contribution < -0.4 is 10.1 Å². The first-order valence-corrected chi connectivity index (χ1v) is 10.3. The maximum absolute atomic E-state index is 12.8. The molecule has 5 heteroatoms. The van der Waals surface area contributed by atoms with Gasteiger partial charge in [-0.15, -0.1) is 0 Å². The van der Waals surface area contributed by atoms with Crippen molar-refractivity contribution in [1.82, 2.24) is 9.78 Å². The monoisotopic (exact) mass is 409 g/mol. The van der Waals surface area contributed by atoms with Gasteiger partial charge in [-0.25, -0.2) is 4.68 Å². The zero-order valence-electron chi connectivity index (χ0n) is 17.5. The molecular weight excluding hydrogens is 386 g/mol. The fourth-order valence-corrected chi connectivity index (χ4v) is 4.18. The van der Waals surface area contributed by atoms with Crippen LogP contribution in [0.1, 0.15) is 29.0 Å². The van der Waals surface area contributed by atoms with Crippen LogP contribution in [-0.2, 0) is 4.79 Å². The van der Waals surface area contributed by atoms with E-state index in [0.717, 1.165) is 39.6 Å². The van der Waals surface area contributed by atoms with Crippen LogP contribution in [0.3, 0.4) is 0 Å². The number of nitrogens with one attached hydrogen (secondary N) is 1. The average Bonchev–Trinajstić information content (AvgIpc) is 3.19. The molecule has 3 aromatic carbocycles. The molecule has 154 valence electrons. The first-order chi connectivity index (χ1) is 15.1. The average molecular weight is 409 g/mol. The van der Waals surface area contributed by atoms with Gasteiger partial charge in [-0.2, -0.15) is 5.10 Å². The molecule has 0 radical (unpaired) electrons. The number of aromatic nitrogens is 2. The molecule has 1 N–H and O–H groups in total. The quantitative estimate of drug-likeness (QED) is 0.496. The number of rotatable bonds is 4. The molecule has 1 aliphatic heterocycles. The lowest BCUT2D eigenvalue weighted by atomic mass is 9.84. The van der Waals surface area contributed by atoms with Gasteiger partial charge in [0.2, 0.25) is 5.91 Å². The van der Waals surface area contributed by atoms with E-state index in [1.807, 2.05) is 59.3 Å². The Labute approximate surface area is 181 Å². The second-order valence-electron chi connectivity index (χ2n) is 7.81. The minimum Gasteiger partial charge on any atom is -0.497 e. The number of aryl methyl sites for hydroxylation is 1. The minimum absolute atomic E-state index is 0.0202. The number of methoxy groups -OCH3 is 1. The van der Waals surface area contributed by atoms with Crippen LogP contribution in [0.15, 0.2) is 78.9 Å². The van der Waals surface area contributed by atoms with Gasteiger partial charge in [0.15, 0.2) is 0 Å². The molecule has 31 heavy (non-hydrogen) atoms. The number of hydrogen-bond donors (Lipinski definition) is 1. The van der Waals surface area contributed by atoms with Crippen LogP contribution in [0.4, 0.5) is 5.82 Å². The zero-order chi connectivity index (χ0) is 21.4. The topological polar surface area (TPSA) is 56.1 Å². The van der Waals surface area contributed by atoms with E-state index in [1.165, 1.54) is 5.56 Å². The lowest BCUT2D eigenvalue weighted by Crippen LogP contribution is -2.24. The van der Waals surface area contributed by atoms with Crippen molar-refractivity contribution in [2.24, 2.45) is 0 Å². The molecule has 0 aliphatic carbocycles. The van der Waals surface area contributed by atoms with E-state index in [9.17, 15) is 4.79 Å². The molecule has 1 amide bonds. The van der Waals surface area contributed by atoms with Crippen molar-refractivity contribution >= 4 is 11.7 Å². The van der Waals surface area contributed by atoms with Gasteiger partial charge in [0.05, 0.1) is 18.5 Å².